The van der Waals surface area contributed by atoms with Crippen LogP contribution < -0.4 is 10.5 Å². The molecule has 17 heavy (non-hydrogen) atoms. The second kappa shape index (κ2) is 5.51. The van der Waals surface area contributed by atoms with Crippen LogP contribution in [0, 0.1) is 0 Å². The van der Waals surface area contributed by atoms with Crippen molar-refractivity contribution in [2.24, 2.45) is 5.73 Å². The second-order valence-corrected chi connectivity index (χ2v) is 3.45. The standard InChI is InChI=1S/C11H15NO5/c1-2-17-8-5-6(3-4-7(8)13)9(14)10(15)11(12)16/h3-5,9-10,13-15H,2H2,1H3,(H2,12,16). The van der Waals surface area contributed by atoms with Gasteiger partial charge in [0, 0.05) is 0 Å². The maximum atomic E-state index is 10.7. The number of nitrogens with two attached hydrogens (primary N) is 1. The Labute approximate surface area is 98.3 Å². The zero-order chi connectivity index (χ0) is 13.0. The number of ether oxygens (including phenoxy) is 1. The van der Waals surface area contributed by atoms with Gasteiger partial charge >= 0.3 is 0 Å². The first kappa shape index (κ1) is 13.3. The molecule has 0 aliphatic rings. The minimum absolute atomic E-state index is 0.0867. The summed E-state index contributed by atoms with van der Waals surface area (Å²) in [6.07, 6.45) is -3.15. The highest BCUT2D eigenvalue weighted by Crippen LogP contribution is 2.30. The monoisotopic (exact) mass is 241 g/mol. The van der Waals surface area contributed by atoms with Gasteiger partial charge in [-0.25, -0.2) is 0 Å². The topological polar surface area (TPSA) is 113 Å². The van der Waals surface area contributed by atoms with E-state index in [1.807, 2.05) is 0 Å². The largest absolute Gasteiger partial charge is 0.504 e. The van der Waals surface area contributed by atoms with Crippen molar-refractivity contribution in [3.05, 3.63) is 23.8 Å². The number of phenolic OH excluding ortho intramolecular Hbond substituents is 1. The molecule has 0 aliphatic carbocycles. The molecule has 2 atom stereocenters. The average Bonchev–Trinajstić information content (AvgIpc) is 2.30. The number of benzene rings is 1. The van der Waals surface area contributed by atoms with Gasteiger partial charge in [0.15, 0.2) is 17.6 Å². The van der Waals surface area contributed by atoms with Crippen molar-refractivity contribution >= 4 is 5.91 Å². The molecule has 0 fully saturated rings. The third-order valence-electron chi connectivity index (χ3n) is 2.22. The molecule has 1 rings (SSSR count). The van der Waals surface area contributed by atoms with E-state index in [0.29, 0.717) is 6.61 Å². The van der Waals surface area contributed by atoms with Gasteiger partial charge in [-0.1, -0.05) is 6.07 Å². The van der Waals surface area contributed by atoms with Gasteiger partial charge in [0.05, 0.1) is 6.61 Å². The summed E-state index contributed by atoms with van der Waals surface area (Å²) >= 11 is 0. The van der Waals surface area contributed by atoms with Gasteiger partial charge in [0.2, 0.25) is 5.91 Å². The van der Waals surface area contributed by atoms with Crippen molar-refractivity contribution in [1.29, 1.82) is 0 Å². The number of aromatic hydroxyl groups is 1. The van der Waals surface area contributed by atoms with Crippen molar-refractivity contribution in [2.75, 3.05) is 6.61 Å². The van der Waals surface area contributed by atoms with E-state index < -0.39 is 18.1 Å². The number of phenols is 1. The van der Waals surface area contributed by atoms with Crippen LogP contribution in [0.4, 0.5) is 0 Å². The Balaban J connectivity index is 2.98. The first-order valence-electron chi connectivity index (χ1n) is 5.08. The molecule has 0 radical (unpaired) electrons. The lowest BCUT2D eigenvalue weighted by Crippen LogP contribution is -2.33. The van der Waals surface area contributed by atoms with Crippen LogP contribution in [-0.2, 0) is 4.79 Å². The SMILES string of the molecule is CCOc1cc(C(O)C(O)C(N)=O)ccc1O. The zero-order valence-corrected chi connectivity index (χ0v) is 9.33. The van der Waals surface area contributed by atoms with E-state index in [1.165, 1.54) is 18.2 Å². The van der Waals surface area contributed by atoms with E-state index in [0.717, 1.165) is 0 Å². The van der Waals surface area contributed by atoms with Crippen molar-refractivity contribution in [3.8, 4) is 11.5 Å². The van der Waals surface area contributed by atoms with Crippen LogP contribution in [-0.4, -0.2) is 33.9 Å². The lowest BCUT2D eigenvalue weighted by atomic mass is 10.0. The maximum absolute atomic E-state index is 10.7. The van der Waals surface area contributed by atoms with Crippen LogP contribution in [0.2, 0.25) is 0 Å². The Morgan fingerprint density at radius 2 is 2.12 bits per heavy atom. The van der Waals surface area contributed by atoms with Gasteiger partial charge < -0.3 is 25.8 Å². The quantitative estimate of drug-likeness (QED) is 0.563. The number of carbonyl (C=O) groups is 1. The smallest absolute Gasteiger partial charge is 0.249 e. The fourth-order valence-corrected chi connectivity index (χ4v) is 1.32. The van der Waals surface area contributed by atoms with Crippen molar-refractivity contribution < 1.29 is 24.9 Å². The van der Waals surface area contributed by atoms with Crippen LogP contribution in [0.15, 0.2) is 18.2 Å². The number of hydrogen-bond donors (Lipinski definition) is 4. The lowest BCUT2D eigenvalue weighted by Gasteiger charge is -2.16. The molecule has 1 aromatic carbocycles. The van der Waals surface area contributed by atoms with E-state index in [1.54, 1.807) is 6.92 Å². The predicted molar refractivity (Wildman–Crippen MR) is 59.4 cm³/mol. The van der Waals surface area contributed by atoms with Crippen molar-refractivity contribution in [1.82, 2.24) is 0 Å². The third kappa shape index (κ3) is 3.08. The summed E-state index contributed by atoms with van der Waals surface area (Å²) in [4.78, 5) is 10.7. The highest BCUT2D eigenvalue weighted by atomic mass is 16.5. The summed E-state index contributed by atoms with van der Waals surface area (Å²) < 4.78 is 5.11. The minimum atomic E-state index is -1.70. The van der Waals surface area contributed by atoms with E-state index in [9.17, 15) is 20.1 Å². The highest BCUT2D eigenvalue weighted by molar-refractivity contribution is 5.79. The Kier molecular flexibility index (Phi) is 4.30. The summed E-state index contributed by atoms with van der Waals surface area (Å²) in [5.74, 6) is -0.944. The number of rotatable bonds is 5. The van der Waals surface area contributed by atoms with Crippen LogP contribution in [0.1, 0.15) is 18.6 Å². The summed E-state index contributed by atoms with van der Waals surface area (Å²) in [5, 5.41) is 28.4. The van der Waals surface area contributed by atoms with Crippen LogP contribution in [0.5, 0.6) is 11.5 Å². The Bertz CT molecular complexity index is 407. The minimum Gasteiger partial charge on any atom is -0.504 e. The Morgan fingerprint density at radius 1 is 1.47 bits per heavy atom. The molecule has 0 saturated carbocycles. The molecule has 1 aromatic rings. The van der Waals surface area contributed by atoms with Crippen molar-refractivity contribution in [2.45, 2.75) is 19.1 Å². The summed E-state index contributed by atoms with van der Waals surface area (Å²) in [6, 6.07) is 4.02. The normalized spacial score (nSPS) is 14.1. The zero-order valence-electron chi connectivity index (χ0n) is 9.33. The number of hydrogen-bond acceptors (Lipinski definition) is 5. The summed E-state index contributed by atoms with van der Waals surface area (Å²) in [7, 11) is 0. The first-order chi connectivity index (χ1) is 7.97. The van der Waals surface area contributed by atoms with Crippen LogP contribution in [0.3, 0.4) is 0 Å². The molecular weight excluding hydrogens is 226 g/mol. The second-order valence-electron chi connectivity index (χ2n) is 3.45. The molecule has 0 spiro atoms. The van der Waals surface area contributed by atoms with Gasteiger partial charge in [-0.3, -0.25) is 4.79 Å². The molecule has 5 N–H and O–H groups in total. The molecule has 1 amide bonds. The molecule has 94 valence electrons. The number of aliphatic hydroxyl groups excluding tert-OH is 2. The van der Waals surface area contributed by atoms with E-state index >= 15 is 0 Å². The molecule has 6 nitrogen and oxygen atoms in total. The Morgan fingerprint density at radius 3 is 2.65 bits per heavy atom. The van der Waals surface area contributed by atoms with Crippen LogP contribution >= 0.6 is 0 Å². The van der Waals surface area contributed by atoms with Gasteiger partial charge in [-0.15, -0.1) is 0 Å². The molecule has 0 aromatic heterocycles. The number of primary amides is 1. The fraction of sp³-hybridized carbons (Fsp3) is 0.364. The molecule has 0 saturated heterocycles. The number of carbonyl (C=O) groups excluding carboxylic acids is 1. The summed E-state index contributed by atoms with van der Waals surface area (Å²) in [5.41, 5.74) is 5.11. The highest BCUT2D eigenvalue weighted by Gasteiger charge is 2.24. The third-order valence-corrected chi connectivity index (χ3v) is 2.22. The number of aliphatic hydroxyl groups is 2. The molecule has 0 bridgehead atoms. The van der Waals surface area contributed by atoms with Gasteiger partial charge in [-0.05, 0) is 24.6 Å². The Hall–Kier alpha value is -1.79. The van der Waals surface area contributed by atoms with E-state index in [2.05, 4.69) is 0 Å². The first-order valence-corrected chi connectivity index (χ1v) is 5.08. The van der Waals surface area contributed by atoms with Gasteiger partial charge in [0.25, 0.3) is 0 Å². The molecule has 0 aliphatic heterocycles. The van der Waals surface area contributed by atoms with Gasteiger partial charge in [-0.2, -0.15) is 0 Å². The summed E-state index contributed by atoms with van der Waals surface area (Å²) in [6.45, 7) is 2.08. The average molecular weight is 241 g/mol. The van der Waals surface area contributed by atoms with Crippen LogP contribution in [0.25, 0.3) is 0 Å². The molecule has 0 heterocycles. The van der Waals surface area contributed by atoms with Crippen molar-refractivity contribution in [3.63, 3.8) is 0 Å². The molecular formula is C11H15NO5. The van der Waals surface area contributed by atoms with E-state index in [-0.39, 0.29) is 17.1 Å². The predicted octanol–water partition coefficient (Wildman–Crippen LogP) is -0.330. The van der Waals surface area contributed by atoms with Gasteiger partial charge in [0.1, 0.15) is 6.10 Å². The number of amides is 1. The molecule has 2 unspecified atom stereocenters. The fourth-order valence-electron chi connectivity index (χ4n) is 1.32. The van der Waals surface area contributed by atoms with E-state index in [4.69, 9.17) is 10.5 Å². The molecule has 6 heteroatoms. The maximum Gasteiger partial charge on any atom is 0.249 e. The lowest BCUT2D eigenvalue weighted by molar-refractivity contribution is -0.131.